The van der Waals surface area contributed by atoms with Crippen molar-refractivity contribution in [3.8, 4) is 0 Å². The van der Waals surface area contributed by atoms with E-state index in [1.54, 1.807) is 0 Å². The number of aromatic nitrogens is 1. The van der Waals surface area contributed by atoms with Gasteiger partial charge in [-0.2, -0.15) is 0 Å². The summed E-state index contributed by atoms with van der Waals surface area (Å²) in [6, 6.07) is 14.3. The van der Waals surface area contributed by atoms with Crippen LogP contribution in [0.2, 0.25) is 0 Å². The zero-order chi connectivity index (χ0) is 22.4. The molecule has 1 amide bonds. The molecule has 0 spiro atoms. The third-order valence-electron chi connectivity index (χ3n) is 5.35. The number of likely N-dealkylation sites (N-methyl/N-ethyl adjacent to an activating group) is 1. The number of benzene rings is 1. The van der Waals surface area contributed by atoms with E-state index in [4.69, 9.17) is 9.72 Å². The Hall–Kier alpha value is -2.77. The van der Waals surface area contributed by atoms with E-state index in [-0.39, 0.29) is 11.8 Å². The second-order valence-electron chi connectivity index (χ2n) is 7.72. The van der Waals surface area contributed by atoms with Crippen LogP contribution in [0.15, 0.2) is 42.5 Å². The number of nitrogens with zero attached hydrogens (tertiary/aromatic N) is 2. The molecule has 0 saturated heterocycles. The molecule has 7 heteroatoms. The molecule has 0 aliphatic carbocycles. The van der Waals surface area contributed by atoms with Crippen molar-refractivity contribution in [2.75, 3.05) is 26.0 Å². The maximum absolute atomic E-state index is 12.5. The number of nitrogens with one attached hydrogen (secondary N) is 1. The number of thiophene rings is 1. The molecule has 0 saturated carbocycles. The minimum Gasteiger partial charge on any atom is -0.465 e. The molecule has 2 aromatic heterocycles. The van der Waals surface area contributed by atoms with Crippen LogP contribution in [0.1, 0.15) is 41.2 Å². The number of amides is 1. The van der Waals surface area contributed by atoms with Crippen LogP contribution in [0.25, 0.3) is 10.2 Å². The van der Waals surface area contributed by atoms with E-state index in [1.165, 1.54) is 24.0 Å². The number of ether oxygens (including phenoxy) is 1. The molecule has 0 aliphatic rings. The van der Waals surface area contributed by atoms with Gasteiger partial charge in [0.15, 0.2) is 0 Å². The van der Waals surface area contributed by atoms with Gasteiger partial charge in [-0.05, 0) is 37.6 Å². The van der Waals surface area contributed by atoms with E-state index in [0.29, 0.717) is 21.9 Å². The van der Waals surface area contributed by atoms with Crippen molar-refractivity contribution in [1.82, 2.24) is 9.88 Å². The Bertz CT molecular complexity index is 1050. The molecule has 164 valence electrons. The average Bonchev–Trinajstić information content (AvgIpc) is 3.14. The number of anilines is 1. The van der Waals surface area contributed by atoms with E-state index in [1.807, 2.05) is 32.0 Å². The van der Waals surface area contributed by atoms with Crippen molar-refractivity contribution in [2.45, 2.75) is 33.2 Å². The van der Waals surface area contributed by atoms with Crippen molar-refractivity contribution in [1.29, 1.82) is 0 Å². The van der Waals surface area contributed by atoms with Crippen LogP contribution in [0.5, 0.6) is 0 Å². The van der Waals surface area contributed by atoms with Gasteiger partial charge in [-0.15, -0.1) is 11.3 Å². The molecule has 6 nitrogen and oxygen atoms in total. The first-order chi connectivity index (χ1) is 14.9. The topological polar surface area (TPSA) is 71.5 Å². The van der Waals surface area contributed by atoms with Gasteiger partial charge in [0, 0.05) is 24.4 Å². The maximum Gasteiger partial charge on any atom is 0.350 e. The summed E-state index contributed by atoms with van der Waals surface area (Å²) in [5.74, 6) is -0.730. The van der Waals surface area contributed by atoms with E-state index in [0.717, 1.165) is 30.5 Å². The fourth-order valence-corrected chi connectivity index (χ4v) is 4.28. The largest absolute Gasteiger partial charge is 0.465 e. The number of carbonyl (C=O) groups excluding carboxylic acids is 2. The zero-order valence-corrected chi connectivity index (χ0v) is 19.3. The zero-order valence-electron chi connectivity index (χ0n) is 18.5. The second-order valence-corrected chi connectivity index (χ2v) is 8.72. The number of hydrogen-bond acceptors (Lipinski definition) is 6. The molecule has 0 aliphatic heterocycles. The van der Waals surface area contributed by atoms with E-state index < -0.39 is 5.97 Å². The molecule has 0 radical (unpaired) electrons. The summed E-state index contributed by atoms with van der Waals surface area (Å²) in [6.45, 7) is 5.43. The lowest BCUT2D eigenvalue weighted by molar-refractivity contribution is -0.119. The molecule has 1 N–H and O–H groups in total. The lowest BCUT2D eigenvalue weighted by atomic mass is 10.1. The highest BCUT2D eigenvalue weighted by Crippen LogP contribution is 2.36. The van der Waals surface area contributed by atoms with Crippen LogP contribution >= 0.6 is 11.3 Å². The van der Waals surface area contributed by atoms with Crippen LogP contribution < -0.4 is 5.32 Å². The molecule has 1 atom stereocenters. The molecular weight excluding hydrogens is 410 g/mol. The summed E-state index contributed by atoms with van der Waals surface area (Å²) in [4.78, 5) is 32.8. The second kappa shape index (κ2) is 10.5. The smallest absolute Gasteiger partial charge is 0.350 e. The third kappa shape index (κ3) is 5.68. The Balaban J connectivity index is 1.79. The summed E-state index contributed by atoms with van der Waals surface area (Å²) in [7, 11) is 3.41. The predicted octanol–water partition coefficient (Wildman–Crippen LogP) is 4.74. The number of fused-ring (bicyclic) bond motifs is 1. The van der Waals surface area contributed by atoms with Crippen molar-refractivity contribution in [3.05, 3.63) is 58.6 Å². The minimum atomic E-state index is -0.469. The summed E-state index contributed by atoms with van der Waals surface area (Å²) in [5.41, 5.74) is 2.72. The van der Waals surface area contributed by atoms with Gasteiger partial charge >= 0.3 is 5.97 Å². The number of esters is 1. The third-order valence-corrected chi connectivity index (χ3v) is 6.43. The molecule has 0 unspecified atom stereocenters. The summed E-state index contributed by atoms with van der Waals surface area (Å²) < 4.78 is 4.93. The van der Waals surface area contributed by atoms with Gasteiger partial charge in [0.25, 0.3) is 0 Å². The lowest BCUT2D eigenvalue weighted by Crippen LogP contribution is -2.21. The fraction of sp³-hybridized carbons (Fsp3) is 0.375. The summed E-state index contributed by atoms with van der Waals surface area (Å²) in [6.07, 6.45) is 1.69. The van der Waals surface area contributed by atoms with Gasteiger partial charge in [-0.25, -0.2) is 9.78 Å². The van der Waals surface area contributed by atoms with Crippen molar-refractivity contribution in [3.63, 3.8) is 0 Å². The van der Waals surface area contributed by atoms with Crippen LogP contribution in [0, 0.1) is 5.92 Å². The van der Waals surface area contributed by atoms with Crippen molar-refractivity contribution >= 4 is 39.1 Å². The van der Waals surface area contributed by atoms with Gasteiger partial charge in [-0.3, -0.25) is 4.79 Å². The molecular formula is C24H29N3O3S. The van der Waals surface area contributed by atoms with Crippen molar-refractivity contribution < 1.29 is 14.3 Å². The summed E-state index contributed by atoms with van der Waals surface area (Å²) >= 11 is 1.25. The quantitative estimate of drug-likeness (QED) is 0.488. The van der Waals surface area contributed by atoms with Crippen LogP contribution in [-0.4, -0.2) is 42.5 Å². The Labute approximate surface area is 187 Å². The Kier molecular flexibility index (Phi) is 7.76. The Morgan fingerprint density at radius 2 is 1.94 bits per heavy atom. The number of hydrogen-bond donors (Lipinski definition) is 1. The van der Waals surface area contributed by atoms with Gasteiger partial charge < -0.3 is 15.0 Å². The molecule has 3 aromatic rings. The highest BCUT2D eigenvalue weighted by molar-refractivity contribution is 7.21. The summed E-state index contributed by atoms with van der Waals surface area (Å²) in [5, 5.41) is 3.68. The Morgan fingerprint density at radius 1 is 1.19 bits per heavy atom. The molecule has 31 heavy (non-hydrogen) atoms. The van der Waals surface area contributed by atoms with E-state index >= 15 is 0 Å². The monoisotopic (exact) mass is 439 g/mol. The minimum absolute atomic E-state index is 0.114. The van der Waals surface area contributed by atoms with Crippen LogP contribution in [0.3, 0.4) is 0 Å². The average molecular weight is 440 g/mol. The molecule has 3 rings (SSSR count). The highest BCUT2D eigenvalue weighted by atomic mass is 32.1. The molecule has 1 aromatic carbocycles. The molecule has 0 fully saturated rings. The molecule has 2 heterocycles. The Morgan fingerprint density at radius 3 is 2.61 bits per heavy atom. The maximum atomic E-state index is 12.5. The van der Waals surface area contributed by atoms with Gasteiger partial charge in [0.05, 0.1) is 18.5 Å². The first-order valence-corrected chi connectivity index (χ1v) is 11.3. The van der Waals surface area contributed by atoms with Gasteiger partial charge in [-0.1, -0.05) is 44.2 Å². The standard InChI is InChI=1S/C24H29N3O3S/c1-5-16(2)22(28)26-20-19-12-11-18(25-23(19)31-21(20)24(29)30-4)15-27(3)14-13-17-9-7-6-8-10-17/h6-12,16H,5,13-15H2,1-4H3,(H,26,28)/t16-/m0/s1. The predicted molar refractivity (Wildman–Crippen MR) is 126 cm³/mol. The highest BCUT2D eigenvalue weighted by Gasteiger charge is 2.23. The molecule has 0 bridgehead atoms. The number of pyridine rings is 1. The number of methoxy groups -OCH3 is 1. The van der Waals surface area contributed by atoms with Crippen LogP contribution in [-0.2, 0) is 22.5 Å². The van der Waals surface area contributed by atoms with E-state index in [2.05, 4.69) is 41.5 Å². The first-order valence-electron chi connectivity index (χ1n) is 10.5. The van der Waals surface area contributed by atoms with E-state index in [9.17, 15) is 9.59 Å². The lowest BCUT2D eigenvalue weighted by Gasteiger charge is -2.16. The van der Waals surface area contributed by atoms with Crippen LogP contribution in [0.4, 0.5) is 5.69 Å². The fourth-order valence-electron chi connectivity index (χ4n) is 3.22. The number of carbonyl (C=O) groups is 2. The van der Waals surface area contributed by atoms with Crippen molar-refractivity contribution in [2.24, 2.45) is 5.92 Å². The normalized spacial score (nSPS) is 12.2. The first kappa shape index (κ1) is 22.9. The van der Waals surface area contributed by atoms with Gasteiger partial charge in [0.1, 0.15) is 9.71 Å². The SMILES string of the molecule is CC[C@H](C)C(=O)Nc1c(C(=O)OC)sc2nc(CN(C)CCc3ccccc3)ccc12. The number of rotatable bonds is 9. The van der Waals surface area contributed by atoms with Gasteiger partial charge in [0.2, 0.25) is 5.91 Å².